The Morgan fingerprint density at radius 3 is 2.12 bits per heavy atom. The summed E-state index contributed by atoms with van der Waals surface area (Å²) in [6.45, 7) is 9.42. The van der Waals surface area contributed by atoms with Crippen LogP contribution in [0, 0.1) is 13.8 Å². The molecule has 2 atom stereocenters. The molecule has 2 unspecified atom stereocenters. The summed E-state index contributed by atoms with van der Waals surface area (Å²) in [5.41, 5.74) is 1.49. The lowest BCUT2D eigenvalue weighted by molar-refractivity contribution is -0.145. The summed E-state index contributed by atoms with van der Waals surface area (Å²) in [4.78, 5) is 51.4. The molecule has 0 aliphatic carbocycles. The van der Waals surface area contributed by atoms with E-state index in [9.17, 15) is 24.3 Å². The number of aliphatic hydroxyl groups is 1. The van der Waals surface area contributed by atoms with Crippen molar-refractivity contribution < 1.29 is 33.8 Å². The predicted octanol–water partition coefficient (Wildman–Crippen LogP) is 1.37. The first-order valence-electron chi connectivity index (χ1n) is 10.7. The molecule has 1 aromatic rings. The fourth-order valence-corrected chi connectivity index (χ4v) is 3.27. The maximum Gasteiger partial charge on any atom is 0.408 e. The molecule has 10 nitrogen and oxygen atoms in total. The number of carbonyl (C=O) groups excluding carboxylic acids is 4. The normalized spacial score (nSPS) is 12.8. The van der Waals surface area contributed by atoms with E-state index in [0.29, 0.717) is 5.56 Å². The van der Waals surface area contributed by atoms with Crippen molar-refractivity contribution in [2.45, 2.75) is 59.2 Å². The van der Waals surface area contributed by atoms with Crippen LogP contribution in [-0.2, 0) is 23.9 Å². The maximum atomic E-state index is 13.3. The van der Waals surface area contributed by atoms with E-state index in [0.717, 1.165) is 11.1 Å². The first-order valence-corrected chi connectivity index (χ1v) is 10.7. The lowest BCUT2D eigenvalue weighted by atomic mass is 9.98. The number of ether oxygens (including phenoxy) is 2. The minimum Gasteiger partial charge on any atom is -0.468 e. The number of nitrogens with one attached hydrogen (secondary N) is 2. The number of alkyl carbamates (subject to hydrolysis) is 1. The molecule has 184 valence electrons. The maximum absolute atomic E-state index is 13.3. The smallest absolute Gasteiger partial charge is 0.408 e. The second-order valence-electron chi connectivity index (χ2n) is 8.62. The molecule has 0 aromatic heterocycles. The Morgan fingerprint density at radius 2 is 1.67 bits per heavy atom. The minimum absolute atomic E-state index is 0.0919. The summed E-state index contributed by atoms with van der Waals surface area (Å²) in [5, 5.41) is 14.6. The number of likely N-dealkylation sites (N-methyl/N-ethyl adjacent to an activating group) is 1. The van der Waals surface area contributed by atoms with Gasteiger partial charge in [0.05, 0.1) is 13.7 Å². The van der Waals surface area contributed by atoms with Gasteiger partial charge in [-0.25, -0.2) is 4.79 Å². The van der Waals surface area contributed by atoms with E-state index in [4.69, 9.17) is 4.74 Å². The van der Waals surface area contributed by atoms with E-state index < -0.39 is 48.2 Å². The molecule has 10 heteroatoms. The number of rotatable bonds is 9. The molecule has 0 aliphatic rings. The van der Waals surface area contributed by atoms with Crippen LogP contribution < -0.4 is 10.6 Å². The number of aliphatic hydroxyl groups excluding tert-OH is 1. The van der Waals surface area contributed by atoms with Crippen LogP contribution in [0.25, 0.3) is 0 Å². The van der Waals surface area contributed by atoms with Gasteiger partial charge in [-0.15, -0.1) is 0 Å². The van der Waals surface area contributed by atoms with Crippen LogP contribution in [0.5, 0.6) is 0 Å². The van der Waals surface area contributed by atoms with Gasteiger partial charge in [-0.2, -0.15) is 0 Å². The van der Waals surface area contributed by atoms with Crippen molar-refractivity contribution in [3.05, 3.63) is 34.9 Å². The number of methoxy groups -OCH3 is 1. The summed E-state index contributed by atoms with van der Waals surface area (Å²) in [7, 11) is 1.20. The van der Waals surface area contributed by atoms with Gasteiger partial charge in [0.25, 0.3) is 0 Å². The summed E-state index contributed by atoms with van der Waals surface area (Å²) in [5.74, 6) is -1.92. The van der Waals surface area contributed by atoms with E-state index in [1.54, 1.807) is 39.8 Å². The van der Waals surface area contributed by atoms with Crippen molar-refractivity contribution in [1.82, 2.24) is 15.5 Å². The highest BCUT2D eigenvalue weighted by Crippen LogP contribution is 2.24. The number of hydrogen-bond acceptors (Lipinski definition) is 7. The molecule has 0 bridgehead atoms. The molecule has 0 aliphatic heterocycles. The zero-order chi connectivity index (χ0) is 25.3. The lowest BCUT2D eigenvalue weighted by Crippen LogP contribution is -2.54. The van der Waals surface area contributed by atoms with Gasteiger partial charge in [0, 0.05) is 6.54 Å². The molecule has 0 spiro atoms. The van der Waals surface area contributed by atoms with Gasteiger partial charge in [0.2, 0.25) is 11.8 Å². The van der Waals surface area contributed by atoms with Crippen molar-refractivity contribution in [2.24, 2.45) is 0 Å². The van der Waals surface area contributed by atoms with Gasteiger partial charge in [0.1, 0.15) is 24.2 Å². The highest BCUT2D eigenvalue weighted by Gasteiger charge is 2.35. The number of hydrogen-bond donors (Lipinski definition) is 3. The zero-order valence-electron chi connectivity index (χ0n) is 20.4. The van der Waals surface area contributed by atoms with Crippen LogP contribution in [0.2, 0.25) is 0 Å². The van der Waals surface area contributed by atoms with Crippen molar-refractivity contribution in [1.29, 1.82) is 0 Å². The average molecular weight is 466 g/mol. The molecule has 33 heavy (non-hydrogen) atoms. The summed E-state index contributed by atoms with van der Waals surface area (Å²) >= 11 is 0. The van der Waals surface area contributed by atoms with Gasteiger partial charge >= 0.3 is 12.1 Å². The standard InChI is InChI=1S/C23H35N3O7/c1-8-26(21(30)17(13-27)25-22(31)33-23(4,5)6)19(20(29)24-12-18(28)32-7)16-10-14(2)9-15(3)11-16/h9-11,17,19,27H,8,12-13H2,1-7H3,(H,24,29)(H,25,31). The van der Waals surface area contributed by atoms with Crippen LogP contribution in [0.15, 0.2) is 18.2 Å². The second kappa shape index (κ2) is 12.2. The molecule has 1 rings (SSSR count). The first-order chi connectivity index (χ1) is 15.3. The third-order valence-electron chi connectivity index (χ3n) is 4.55. The highest BCUT2D eigenvalue weighted by atomic mass is 16.6. The Kier molecular flexibility index (Phi) is 10.3. The van der Waals surface area contributed by atoms with Gasteiger partial charge < -0.3 is 30.1 Å². The molecular formula is C23H35N3O7. The van der Waals surface area contributed by atoms with Crippen molar-refractivity contribution in [2.75, 3.05) is 26.8 Å². The molecule has 0 saturated carbocycles. The van der Waals surface area contributed by atoms with Crippen molar-refractivity contribution >= 4 is 23.9 Å². The van der Waals surface area contributed by atoms with E-state index >= 15 is 0 Å². The van der Waals surface area contributed by atoms with E-state index in [-0.39, 0.29) is 13.1 Å². The van der Waals surface area contributed by atoms with E-state index in [1.165, 1.54) is 12.0 Å². The third-order valence-corrected chi connectivity index (χ3v) is 4.55. The molecule has 0 heterocycles. The van der Waals surface area contributed by atoms with Gasteiger partial charge in [-0.05, 0) is 47.1 Å². The van der Waals surface area contributed by atoms with Crippen LogP contribution in [0.3, 0.4) is 0 Å². The van der Waals surface area contributed by atoms with E-state index in [2.05, 4.69) is 15.4 Å². The number of nitrogens with zero attached hydrogens (tertiary/aromatic N) is 1. The SMILES string of the molecule is CCN(C(=O)C(CO)NC(=O)OC(C)(C)C)C(C(=O)NCC(=O)OC)c1cc(C)cc(C)c1. The Hall–Kier alpha value is -3.14. The molecule has 0 radical (unpaired) electrons. The Bertz CT molecular complexity index is 844. The number of benzene rings is 1. The predicted molar refractivity (Wildman–Crippen MR) is 121 cm³/mol. The van der Waals surface area contributed by atoms with Crippen LogP contribution >= 0.6 is 0 Å². The summed E-state index contributed by atoms with van der Waals surface area (Å²) in [6, 6.07) is 3.01. The minimum atomic E-state index is -1.33. The Labute approximate surface area is 194 Å². The molecule has 3 amide bonds. The average Bonchev–Trinajstić information content (AvgIpc) is 2.71. The van der Waals surface area contributed by atoms with Crippen LogP contribution in [-0.4, -0.2) is 72.3 Å². The molecule has 0 saturated heterocycles. The summed E-state index contributed by atoms with van der Waals surface area (Å²) in [6.07, 6.45) is -0.871. The largest absolute Gasteiger partial charge is 0.468 e. The highest BCUT2D eigenvalue weighted by molar-refractivity contribution is 5.93. The quantitative estimate of drug-likeness (QED) is 0.469. The third kappa shape index (κ3) is 8.72. The van der Waals surface area contributed by atoms with Crippen molar-refractivity contribution in [3.63, 3.8) is 0 Å². The molecule has 3 N–H and O–H groups in total. The first kappa shape index (κ1) is 27.9. The van der Waals surface area contributed by atoms with Gasteiger partial charge in [0.15, 0.2) is 0 Å². The van der Waals surface area contributed by atoms with E-state index in [1.807, 2.05) is 19.9 Å². The van der Waals surface area contributed by atoms with Gasteiger partial charge in [-0.3, -0.25) is 14.4 Å². The molecule has 1 aromatic carbocycles. The molecule has 0 fully saturated rings. The topological polar surface area (TPSA) is 134 Å². The van der Waals surface area contributed by atoms with Gasteiger partial charge in [-0.1, -0.05) is 29.3 Å². The fraction of sp³-hybridized carbons (Fsp3) is 0.565. The van der Waals surface area contributed by atoms with Crippen LogP contribution in [0.4, 0.5) is 4.79 Å². The van der Waals surface area contributed by atoms with Crippen LogP contribution in [0.1, 0.15) is 50.4 Å². The zero-order valence-corrected chi connectivity index (χ0v) is 20.4. The number of esters is 1. The number of aryl methyl sites for hydroxylation is 2. The molecular weight excluding hydrogens is 430 g/mol. The van der Waals surface area contributed by atoms with Crippen molar-refractivity contribution in [3.8, 4) is 0 Å². The second-order valence-corrected chi connectivity index (χ2v) is 8.62. The number of amides is 3. The Morgan fingerprint density at radius 1 is 1.09 bits per heavy atom. The lowest BCUT2D eigenvalue weighted by Gasteiger charge is -2.33. The monoisotopic (exact) mass is 465 g/mol. The summed E-state index contributed by atoms with van der Waals surface area (Å²) < 4.78 is 9.74. The number of carbonyl (C=O) groups is 4. The fourth-order valence-electron chi connectivity index (χ4n) is 3.27. The Balaban J connectivity index is 3.30.